The fourth-order valence-corrected chi connectivity index (χ4v) is 6.34. The lowest BCUT2D eigenvalue weighted by atomic mass is 10.1. The lowest BCUT2D eigenvalue weighted by Crippen LogP contribution is -2.38. The first-order valence-electron chi connectivity index (χ1n) is 14.3. The molecule has 3 heterocycles. The number of carbonyl (C=O) groups excluding carboxylic acids is 1. The number of hydrogen-bond donors (Lipinski definition) is 2. The number of aromatic nitrogens is 4. The van der Waals surface area contributed by atoms with E-state index in [1.54, 1.807) is 35.2 Å². The van der Waals surface area contributed by atoms with Crippen molar-refractivity contribution in [2.75, 3.05) is 11.9 Å². The van der Waals surface area contributed by atoms with Crippen LogP contribution in [0.5, 0.6) is 0 Å². The van der Waals surface area contributed by atoms with Crippen LogP contribution in [0.2, 0.25) is 0 Å². The molecule has 1 aliphatic rings. The van der Waals surface area contributed by atoms with Gasteiger partial charge in [-0.05, 0) is 46.7 Å². The molecule has 13 heteroatoms. The molecule has 3 aromatic rings. The number of nitrogens with one attached hydrogen (secondary N) is 1. The number of nitriles is 1. The first-order valence-corrected chi connectivity index (χ1v) is 14.3. The summed E-state index contributed by atoms with van der Waals surface area (Å²) >= 11 is 0. The number of aliphatic hydroxyl groups excluding tert-OH is 1. The number of ether oxygens (including phenoxy) is 1. The Balaban J connectivity index is 1.61. The van der Waals surface area contributed by atoms with Crippen molar-refractivity contribution in [3.05, 3.63) is 48.5 Å². The summed E-state index contributed by atoms with van der Waals surface area (Å²) in [4.78, 5) is 25.9. The fourth-order valence-electron chi connectivity index (χ4n) is 4.60. The van der Waals surface area contributed by atoms with Gasteiger partial charge in [0, 0.05) is 25.4 Å². The van der Waals surface area contributed by atoms with Crippen molar-refractivity contribution in [1.82, 2.24) is 24.2 Å². The van der Waals surface area contributed by atoms with Crippen LogP contribution in [-0.4, -0.2) is 73.6 Å². The minimum absolute atomic E-state index is 0.0907. The van der Waals surface area contributed by atoms with Crippen molar-refractivity contribution in [1.29, 1.82) is 6.69 Å². The lowest BCUT2D eigenvalue weighted by molar-refractivity contribution is -0.0726. The zero-order chi connectivity index (χ0) is 30.2. The minimum atomic E-state index is -1.61. The predicted octanol–water partition coefficient (Wildman–Crippen LogP) is 4.41. The van der Waals surface area contributed by atoms with Gasteiger partial charge in [0.25, 0.3) is 14.4 Å². The van der Waals surface area contributed by atoms with Crippen molar-refractivity contribution >= 4 is 31.4 Å². The van der Waals surface area contributed by atoms with E-state index in [0.29, 0.717) is 23.1 Å². The minimum Gasteiger partial charge on any atom is -0.391 e. The van der Waals surface area contributed by atoms with Gasteiger partial charge < -0.3 is 24.2 Å². The molecule has 1 amide bonds. The Labute approximate surface area is 238 Å². The SMILES string of the molecule is [2H]OC(C[3H])[C@H]1O[C@@H](n2cnc3c(NC(=O)c4ccccc4)ncnc32)CC1OP(OCCC#N)N(C(C)C)C(C)C. The fraction of sp³-hybridized carbons (Fsp3) is 0.519. The highest BCUT2D eigenvalue weighted by molar-refractivity contribution is 7.44. The molecule has 5 atom stereocenters. The average Bonchev–Trinajstić information content (AvgIpc) is 3.59. The molecule has 2 N–H and O–H groups in total. The summed E-state index contributed by atoms with van der Waals surface area (Å²) in [6, 6.07) is 11.1. The van der Waals surface area contributed by atoms with Crippen LogP contribution in [-0.2, 0) is 13.8 Å². The Morgan fingerprint density at radius 2 is 2.12 bits per heavy atom. The third-order valence-electron chi connectivity index (χ3n) is 6.31. The molecule has 1 aliphatic heterocycles. The molecule has 12 nitrogen and oxygen atoms in total. The summed E-state index contributed by atoms with van der Waals surface area (Å²) in [7, 11) is -1.61. The number of aliphatic hydroxyl groups is 1. The second-order valence-corrected chi connectivity index (χ2v) is 11.3. The molecular formula is C27H36N7O5P. The second kappa shape index (κ2) is 13.5. The van der Waals surface area contributed by atoms with Crippen molar-refractivity contribution in [2.24, 2.45) is 0 Å². The van der Waals surface area contributed by atoms with Crippen LogP contribution in [0.4, 0.5) is 5.82 Å². The molecule has 40 heavy (non-hydrogen) atoms. The molecule has 214 valence electrons. The zero-order valence-electron chi connectivity index (χ0n) is 25.0. The maximum absolute atomic E-state index is 12.8. The summed E-state index contributed by atoms with van der Waals surface area (Å²) in [6.07, 6.45) is 0.584. The standard InChI is InChI=1S/C27H36N7O5P/c1-17(2)34(18(3)4)40(37-13-9-12-28)39-21-14-22(38-24(21)19(5)35)33-16-31-23-25(29-15-30-26(23)33)32-27(36)20-10-7-6-8-11-20/h6-8,10-11,15-19,21-22,24,35H,9,13-14H2,1-5H3,(H,29,30,32,36)/t19?,21?,22-,24-,40?/m1/s1/i5T,35D. The van der Waals surface area contributed by atoms with Crippen LogP contribution in [0.25, 0.3) is 11.2 Å². The number of nitrogens with zero attached hydrogens (tertiary/aromatic N) is 6. The molecule has 0 bridgehead atoms. The molecule has 0 saturated carbocycles. The van der Waals surface area contributed by atoms with E-state index in [1.807, 2.05) is 33.8 Å². The highest BCUT2D eigenvalue weighted by atomic mass is 31.2. The van der Waals surface area contributed by atoms with Gasteiger partial charge >= 0.3 is 0 Å². The number of fused-ring (bicyclic) bond motifs is 1. The van der Waals surface area contributed by atoms with E-state index >= 15 is 0 Å². The van der Waals surface area contributed by atoms with Gasteiger partial charge in [0.2, 0.25) is 1.43 Å². The molecule has 1 fully saturated rings. The molecule has 1 aromatic carbocycles. The Morgan fingerprint density at radius 1 is 1.35 bits per heavy atom. The van der Waals surface area contributed by atoms with E-state index in [2.05, 4.69) is 31.0 Å². The van der Waals surface area contributed by atoms with Crippen LogP contribution in [0, 0.1) is 11.3 Å². The van der Waals surface area contributed by atoms with Gasteiger partial charge in [-0.3, -0.25) is 9.36 Å². The third-order valence-corrected chi connectivity index (χ3v) is 8.46. The third kappa shape index (κ3) is 6.81. The molecule has 0 aliphatic carbocycles. The Hall–Kier alpha value is -3.04. The summed E-state index contributed by atoms with van der Waals surface area (Å²) in [5.41, 5.74) is 1.30. The monoisotopic (exact) mass is 572 g/mol. The first kappa shape index (κ1) is 27.1. The quantitative estimate of drug-likeness (QED) is 0.223. The van der Waals surface area contributed by atoms with Crippen LogP contribution in [0.1, 0.15) is 65.4 Å². The van der Waals surface area contributed by atoms with Gasteiger partial charge in [-0.1, -0.05) is 18.2 Å². The van der Waals surface area contributed by atoms with E-state index in [0.717, 1.165) is 0 Å². The van der Waals surface area contributed by atoms with Crippen LogP contribution in [0.15, 0.2) is 43.0 Å². The van der Waals surface area contributed by atoms with Crippen LogP contribution in [0.3, 0.4) is 0 Å². The predicted molar refractivity (Wildman–Crippen MR) is 150 cm³/mol. The van der Waals surface area contributed by atoms with Gasteiger partial charge in [-0.2, -0.15) is 5.26 Å². The maximum atomic E-state index is 12.8. The molecule has 3 unspecified atom stereocenters. The average molecular weight is 573 g/mol. The number of anilines is 1. The van der Waals surface area contributed by atoms with Gasteiger partial charge in [-0.15, -0.1) is 0 Å². The molecular weight excluding hydrogens is 533 g/mol. The normalized spacial score (nSPS) is 21.4. The summed E-state index contributed by atoms with van der Waals surface area (Å²) < 4.78 is 38.4. The molecule has 4 rings (SSSR count). The van der Waals surface area contributed by atoms with Gasteiger partial charge in [0.15, 0.2) is 17.0 Å². The van der Waals surface area contributed by atoms with Crippen molar-refractivity contribution in [2.45, 2.75) is 84.1 Å². The summed E-state index contributed by atoms with van der Waals surface area (Å²) in [6.45, 7) is 8.17. The molecule has 2 aromatic heterocycles. The largest absolute Gasteiger partial charge is 0.391 e. The van der Waals surface area contributed by atoms with E-state index in [-0.39, 0.29) is 43.7 Å². The number of carbonyl (C=O) groups is 1. The topological polar surface area (TPSA) is 148 Å². The van der Waals surface area contributed by atoms with E-state index in [1.165, 1.54) is 6.33 Å². The number of amides is 1. The van der Waals surface area contributed by atoms with Gasteiger partial charge in [-0.25, -0.2) is 19.6 Å². The second-order valence-electron chi connectivity index (χ2n) is 9.89. The van der Waals surface area contributed by atoms with E-state index < -0.39 is 33.1 Å². The Morgan fingerprint density at radius 3 is 2.80 bits per heavy atom. The van der Waals surface area contributed by atoms with Gasteiger partial charge in [0.05, 0.1) is 37.6 Å². The Bertz CT molecular complexity index is 1350. The highest BCUT2D eigenvalue weighted by Crippen LogP contribution is 2.50. The number of imidazole rings is 1. The highest BCUT2D eigenvalue weighted by Gasteiger charge is 2.43. The first-order chi connectivity index (χ1) is 20.3. The van der Waals surface area contributed by atoms with Crippen molar-refractivity contribution in [3.63, 3.8) is 0 Å². The van der Waals surface area contributed by atoms with Gasteiger partial charge in [0.1, 0.15) is 18.7 Å². The van der Waals surface area contributed by atoms with E-state index in [4.69, 9.17) is 27.0 Å². The summed E-state index contributed by atoms with van der Waals surface area (Å²) in [5, 5.41) is 16.7. The van der Waals surface area contributed by atoms with E-state index in [9.17, 15) is 4.79 Å². The van der Waals surface area contributed by atoms with Crippen LogP contribution >= 0.6 is 8.53 Å². The Kier molecular flexibility index (Phi) is 9.19. The maximum Gasteiger partial charge on any atom is 0.259 e. The molecule has 0 radical (unpaired) electrons. The zero-order valence-corrected chi connectivity index (χ0v) is 23.9. The van der Waals surface area contributed by atoms with Crippen molar-refractivity contribution in [3.8, 4) is 6.07 Å². The smallest absolute Gasteiger partial charge is 0.259 e. The van der Waals surface area contributed by atoms with Crippen molar-refractivity contribution < 1.29 is 25.1 Å². The van der Waals surface area contributed by atoms with Crippen LogP contribution < -0.4 is 5.32 Å². The number of hydrogen-bond acceptors (Lipinski definition) is 10. The number of benzene rings is 1. The number of rotatable bonds is 13. The summed E-state index contributed by atoms with van der Waals surface area (Å²) in [5.74, 6) is -0.0707. The molecule has 1 saturated heterocycles. The lowest BCUT2D eigenvalue weighted by Gasteiger charge is -2.37. The molecule has 0 spiro atoms.